The Kier molecular flexibility index (Phi) is 4.22. The Hall–Kier alpha value is -1.44. The SMILES string of the molecule is C=CC(=O)CCC1C=CC(C(C)=O)=CC1. The van der Waals surface area contributed by atoms with Crippen molar-refractivity contribution in [1.82, 2.24) is 0 Å². The topological polar surface area (TPSA) is 34.1 Å². The van der Waals surface area contributed by atoms with Gasteiger partial charge in [-0.05, 0) is 31.8 Å². The minimum Gasteiger partial charge on any atom is -0.295 e. The Balaban J connectivity index is 2.39. The van der Waals surface area contributed by atoms with Crippen LogP contribution in [0.5, 0.6) is 0 Å². The molecule has 2 heteroatoms. The fourth-order valence-electron chi connectivity index (χ4n) is 1.57. The summed E-state index contributed by atoms with van der Waals surface area (Å²) in [5.41, 5.74) is 0.779. The van der Waals surface area contributed by atoms with Gasteiger partial charge in [0.15, 0.2) is 11.6 Å². The maximum atomic E-state index is 11.0. The molecule has 0 aromatic heterocycles. The highest BCUT2D eigenvalue weighted by Gasteiger charge is 2.11. The molecule has 1 rings (SSSR count). The van der Waals surface area contributed by atoms with E-state index in [0.717, 1.165) is 18.4 Å². The van der Waals surface area contributed by atoms with Crippen LogP contribution >= 0.6 is 0 Å². The Morgan fingerprint density at radius 3 is 2.80 bits per heavy atom. The molecule has 0 aromatic rings. The number of hydrogen-bond donors (Lipinski definition) is 0. The summed E-state index contributed by atoms with van der Waals surface area (Å²) in [6.45, 7) is 5.00. The summed E-state index contributed by atoms with van der Waals surface area (Å²) in [6.07, 6.45) is 9.43. The highest BCUT2D eigenvalue weighted by Crippen LogP contribution is 2.21. The molecule has 1 aliphatic rings. The third-order valence-electron chi connectivity index (χ3n) is 2.58. The third-order valence-corrected chi connectivity index (χ3v) is 2.58. The number of ketones is 2. The van der Waals surface area contributed by atoms with Crippen molar-refractivity contribution in [2.24, 2.45) is 5.92 Å². The maximum absolute atomic E-state index is 11.0. The molecule has 1 atom stereocenters. The van der Waals surface area contributed by atoms with E-state index in [1.165, 1.54) is 6.08 Å². The highest BCUT2D eigenvalue weighted by molar-refractivity contribution is 5.96. The van der Waals surface area contributed by atoms with Crippen LogP contribution in [0.4, 0.5) is 0 Å². The van der Waals surface area contributed by atoms with Crippen LogP contribution in [0.3, 0.4) is 0 Å². The number of allylic oxidation sites excluding steroid dienone is 5. The molecule has 0 N–H and O–H groups in total. The van der Waals surface area contributed by atoms with Gasteiger partial charge in [0.05, 0.1) is 0 Å². The van der Waals surface area contributed by atoms with Gasteiger partial charge < -0.3 is 0 Å². The van der Waals surface area contributed by atoms with Gasteiger partial charge in [0.1, 0.15) is 0 Å². The summed E-state index contributed by atoms with van der Waals surface area (Å²) in [6, 6.07) is 0. The minimum atomic E-state index is 0.0877. The van der Waals surface area contributed by atoms with Gasteiger partial charge in [-0.2, -0.15) is 0 Å². The number of carbonyl (C=O) groups excluding carboxylic acids is 2. The second-order valence-electron chi connectivity index (χ2n) is 3.78. The van der Waals surface area contributed by atoms with Gasteiger partial charge in [0.2, 0.25) is 0 Å². The van der Waals surface area contributed by atoms with Crippen molar-refractivity contribution in [3.8, 4) is 0 Å². The fraction of sp³-hybridized carbons (Fsp3) is 0.385. The molecule has 15 heavy (non-hydrogen) atoms. The van der Waals surface area contributed by atoms with Crippen LogP contribution in [0.1, 0.15) is 26.2 Å². The van der Waals surface area contributed by atoms with Crippen molar-refractivity contribution in [2.75, 3.05) is 0 Å². The van der Waals surface area contributed by atoms with Crippen molar-refractivity contribution in [2.45, 2.75) is 26.2 Å². The molecule has 0 saturated carbocycles. The molecule has 0 aliphatic heterocycles. The average Bonchev–Trinajstić information content (AvgIpc) is 2.26. The summed E-state index contributed by atoms with van der Waals surface area (Å²) in [4.78, 5) is 22.0. The molecular formula is C13H16O2. The number of rotatable bonds is 5. The minimum absolute atomic E-state index is 0.0877. The smallest absolute Gasteiger partial charge is 0.159 e. The van der Waals surface area contributed by atoms with E-state index in [1.54, 1.807) is 6.92 Å². The Labute approximate surface area is 90.4 Å². The van der Waals surface area contributed by atoms with E-state index in [1.807, 2.05) is 18.2 Å². The number of hydrogen-bond acceptors (Lipinski definition) is 2. The molecule has 0 saturated heterocycles. The standard InChI is InChI=1S/C13H16O2/c1-3-13(15)9-6-11-4-7-12(8-5-11)10(2)14/h3-4,7-8,11H,1,5-6,9H2,2H3. The first-order valence-corrected chi connectivity index (χ1v) is 5.18. The molecule has 0 fully saturated rings. The monoisotopic (exact) mass is 204 g/mol. The molecule has 0 amide bonds. The zero-order valence-corrected chi connectivity index (χ0v) is 9.03. The number of carbonyl (C=O) groups is 2. The normalized spacial score (nSPS) is 19.5. The molecular weight excluding hydrogens is 188 g/mol. The van der Waals surface area contributed by atoms with Gasteiger partial charge in [-0.1, -0.05) is 24.8 Å². The van der Waals surface area contributed by atoms with Gasteiger partial charge in [0, 0.05) is 12.0 Å². The lowest BCUT2D eigenvalue weighted by atomic mass is 9.91. The van der Waals surface area contributed by atoms with E-state index >= 15 is 0 Å². The molecule has 1 aliphatic carbocycles. The average molecular weight is 204 g/mol. The second-order valence-corrected chi connectivity index (χ2v) is 3.78. The van der Waals surface area contributed by atoms with Crippen LogP contribution in [0.25, 0.3) is 0 Å². The summed E-state index contributed by atoms with van der Waals surface area (Å²) < 4.78 is 0. The first kappa shape index (κ1) is 11.6. The van der Waals surface area contributed by atoms with Crippen LogP contribution in [0.2, 0.25) is 0 Å². The lowest BCUT2D eigenvalue weighted by Gasteiger charge is -2.13. The van der Waals surface area contributed by atoms with E-state index in [9.17, 15) is 9.59 Å². The Morgan fingerprint density at radius 1 is 1.60 bits per heavy atom. The molecule has 0 bridgehead atoms. The van der Waals surface area contributed by atoms with Gasteiger partial charge in [-0.25, -0.2) is 0 Å². The predicted octanol–water partition coefficient (Wildman–Crippen LogP) is 2.61. The first-order valence-electron chi connectivity index (χ1n) is 5.18. The van der Waals surface area contributed by atoms with Crippen LogP contribution in [-0.4, -0.2) is 11.6 Å². The lowest BCUT2D eigenvalue weighted by Crippen LogP contribution is -2.05. The summed E-state index contributed by atoms with van der Waals surface area (Å²) in [5, 5.41) is 0. The molecule has 80 valence electrons. The molecule has 0 radical (unpaired) electrons. The zero-order valence-electron chi connectivity index (χ0n) is 9.03. The van der Waals surface area contributed by atoms with E-state index in [2.05, 4.69) is 6.58 Å². The largest absolute Gasteiger partial charge is 0.295 e. The van der Waals surface area contributed by atoms with Crippen LogP contribution in [0, 0.1) is 5.92 Å². The van der Waals surface area contributed by atoms with E-state index in [-0.39, 0.29) is 11.6 Å². The molecule has 0 spiro atoms. The molecule has 0 aromatic carbocycles. The fourth-order valence-corrected chi connectivity index (χ4v) is 1.57. The molecule has 2 nitrogen and oxygen atoms in total. The predicted molar refractivity (Wildman–Crippen MR) is 60.4 cm³/mol. The van der Waals surface area contributed by atoms with Crippen LogP contribution < -0.4 is 0 Å². The van der Waals surface area contributed by atoms with Crippen molar-refractivity contribution in [3.63, 3.8) is 0 Å². The highest BCUT2D eigenvalue weighted by atomic mass is 16.1. The van der Waals surface area contributed by atoms with E-state index in [0.29, 0.717) is 12.3 Å². The molecule has 0 heterocycles. The quantitative estimate of drug-likeness (QED) is 0.645. The van der Waals surface area contributed by atoms with Gasteiger partial charge in [0.25, 0.3) is 0 Å². The van der Waals surface area contributed by atoms with Gasteiger partial charge in [-0.3, -0.25) is 9.59 Å². The van der Waals surface area contributed by atoms with Crippen molar-refractivity contribution >= 4 is 11.6 Å². The van der Waals surface area contributed by atoms with Crippen LogP contribution in [0.15, 0.2) is 36.5 Å². The van der Waals surface area contributed by atoms with Crippen molar-refractivity contribution in [3.05, 3.63) is 36.5 Å². The number of Topliss-reactive ketones (excluding diaryl/α,β-unsaturated/α-hetero) is 1. The summed E-state index contributed by atoms with van der Waals surface area (Å²) >= 11 is 0. The summed E-state index contributed by atoms with van der Waals surface area (Å²) in [5.74, 6) is 0.577. The first-order chi connectivity index (χ1) is 7.13. The van der Waals surface area contributed by atoms with E-state index in [4.69, 9.17) is 0 Å². The second kappa shape index (κ2) is 5.44. The zero-order chi connectivity index (χ0) is 11.3. The van der Waals surface area contributed by atoms with Crippen LogP contribution in [-0.2, 0) is 9.59 Å². The summed E-state index contributed by atoms with van der Waals surface area (Å²) in [7, 11) is 0. The Morgan fingerprint density at radius 2 is 2.33 bits per heavy atom. The third kappa shape index (κ3) is 3.66. The van der Waals surface area contributed by atoms with Crippen molar-refractivity contribution in [1.29, 1.82) is 0 Å². The van der Waals surface area contributed by atoms with Gasteiger partial charge in [-0.15, -0.1) is 0 Å². The Bertz CT molecular complexity index is 334. The van der Waals surface area contributed by atoms with E-state index < -0.39 is 0 Å². The van der Waals surface area contributed by atoms with Gasteiger partial charge >= 0.3 is 0 Å². The lowest BCUT2D eigenvalue weighted by molar-refractivity contribution is -0.115. The van der Waals surface area contributed by atoms with Crippen molar-refractivity contribution < 1.29 is 9.59 Å². The maximum Gasteiger partial charge on any atom is 0.159 e. The molecule has 1 unspecified atom stereocenters.